The third-order valence-electron chi connectivity index (χ3n) is 7.16. The Kier molecular flexibility index (Phi) is 6.45. The Morgan fingerprint density at radius 1 is 1.16 bits per heavy atom. The molecule has 2 aliphatic rings. The van der Waals surface area contributed by atoms with Crippen LogP contribution in [0.25, 0.3) is 11.2 Å². The Labute approximate surface area is 228 Å². The molecule has 10 heteroatoms. The minimum atomic E-state index is -0.495. The Morgan fingerprint density at radius 3 is 2.82 bits per heavy atom. The Bertz CT molecular complexity index is 1590. The lowest BCUT2D eigenvalue weighted by molar-refractivity contribution is 0.0937. The normalized spacial score (nSPS) is 19.2. The summed E-state index contributed by atoms with van der Waals surface area (Å²) in [5.41, 5.74) is 3.72. The van der Waals surface area contributed by atoms with Gasteiger partial charge in [-0.15, -0.1) is 5.10 Å². The Hall–Kier alpha value is -3.62. The number of aromatic hydroxyl groups is 1. The number of phenolic OH excluding ortho intramolecular Hbond substituents is 1. The summed E-state index contributed by atoms with van der Waals surface area (Å²) in [6.45, 7) is 0.424. The maximum absolute atomic E-state index is 14.2. The Balaban J connectivity index is 1.34. The van der Waals surface area contributed by atoms with Crippen molar-refractivity contribution in [2.45, 2.75) is 37.8 Å². The van der Waals surface area contributed by atoms with Crippen LogP contribution in [0.4, 0.5) is 10.2 Å². The number of aromatic nitrogens is 3. The lowest BCUT2D eigenvalue weighted by Gasteiger charge is -2.26. The van der Waals surface area contributed by atoms with Crippen molar-refractivity contribution in [1.82, 2.24) is 19.9 Å². The number of imidazole rings is 1. The number of amides is 1. The van der Waals surface area contributed by atoms with Gasteiger partial charge in [-0.1, -0.05) is 41.4 Å². The second-order valence-electron chi connectivity index (χ2n) is 9.64. The van der Waals surface area contributed by atoms with Crippen molar-refractivity contribution in [2.75, 3.05) is 11.4 Å². The molecule has 1 saturated heterocycles. The van der Waals surface area contributed by atoms with Crippen molar-refractivity contribution < 1.29 is 14.3 Å². The number of hydrogen-bond donors (Lipinski definition) is 2. The van der Waals surface area contributed by atoms with E-state index >= 15 is 0 Å². The van der Waals surface area contributed by atoms with E-state index in [4.69, 9.17) is 28.3 Å². The summed E-state index contributed by atoms with van der Waals surface area (Å²) in [5, 5.41) is 18.5. The zero-order valence-corrected chi connectivity index (χ0v) is 21.8. The molecule has 38 heavy (non-hydrogen) atoms. The monoisotopic (exact) mass is 551 g/mol. The highest BCUT2D eigenvalue weighted by atomic mass is 35.5. The summed E-state index contributed by atoms with van der Waals surface area (Å²) in [4.78, 5) is 19.7. The van der Waals surface area contributed by atoms with Crippen LogP contribution in [0.1, 0.15) is 53.3 Å². The Morgan fingerprint density at radius 2 is 2.03 bits per heavy atom. The predicted octanol–water partition coefficient (Wildman–Crippen LogP) is 6.20. The van der Waals surface area contributed by atoms with Crippen LogP contribution in [0.3, 0.4) is 0 Å². The standard InChI is InChI=1S/C28H24Cl2FN5O2/c29-18-11-21(27(37)22(30)12-18)28(38)33-20-13-23(17-6-3-7-19(31)10-17)35(15-20)26-9-8-25-32-14-24(36(25)34-26)16-4-1-2-5-16/h3-4,6-12,14,20,23,37H,1-2,5,13,15H2,(H,33,38)/t20-,23+/m0/s1. The number of halogens is 3. The molecule has 6 rings (SSSR count). The molecule has 4 aromatic rings. The van der Waals surface area contributed by atoms with Gasteiger partial charge in [-0.3, -0.25) is 4.79 Å². The molecule has 0 unspecified atom stereocenters. The molecule has 0 saturated carbocycles. The molecular formula is C28H24Cl2FN5O2. The maximum atomic E-state index is 14.2. The summed E-state index contributed by atoms with van der Waals surface area (Å²) < 4.78 is 16.1. The topological polar surface area (TPSA) is 82.8 Å². The van der Waals surface area contributed by atoms with Crippen LogP contribution in [0, 0.1) is 5.82 Å². The number of rotatable bonds is 5. The number of hydrogen-bond acceptors (Lipinski definition) is 5. The van der Waals surface area contributed by atoms with Crippen LogP contribution in [-0.2, 0) is 0 Å². The van der Waals surface area contributed by atoms with Gasteiger partial charge in [-0.25, -0.2) is 13.9 Å². The summed E-state index contributed by atoms with van der Waals surface area (Å²) >= 11 is 12.1. The molecule has 0 bridgehead atoms. The van der Waals surface area contributed by atoms with Crippen LogP contribution >= 0.6 is 23.2 Å². The molecule has 0 spiro atoms. The molecular weight excluding hydrogens is 528 g/mol. The summed E-state index contributed by atoms with van der Waals surface area (Å²) in [7, 11) is 0. The summed E-state index contributed by atoms with van der Waals surface area (Å²) in [6, 6.07) is 12.5. The van der Waals surface area contributed by atoms with Gasteiger partial charge in [0.05, 0.1) is 28.5 Å². The lowest BCUT2D eigenvalue weighted by atomic mass is 10.0. The van der Waals surface area contributed by atoms with E-state index in [1.54, 1.807) is 6.07 Å². The molecule has 2 aromatic carbocycles. The van der Waals surface area contributed by atoms with Gasteiger partial charge in [-0.05, 0) is 73.2 Å². The minimum Gasteiger partial charge on any atom is -0.506 e. The van der Waals surface area contributed by atoms with Crippen LogP contribution < -0.4 is 10.2 Å². The smallest absolute Gasteiger partial charge is 0.255 e. The highest BCUT2D eigenvalue weighted by Crippen LogP contribution is 2.37. The van der Waals surface area contributed by atoms with Crippen molar-refractivity contribution in [3.63, 3.8) is 0 Å². The van der Waals surface area contributed by atoms with E-state index in [9.17, 15) is 14.3 Å². The van der Waals surface area contributed by atoms with Crippen LogP contribution in [-0.4, -0.2) is 38.2 Å². The van der Waals surface area contributed by atoms with Gasteiger partial charge in [0.2, 0.25) is 0 Å². The van der Waals surface area contributed by atoms with E-state index in [2.05, 4.69) is 21.3 Å². The summed E-state index contributed by atoms with van der Waals surface area (Å²) in [6.07, 6.45) is 7.74. The quantitative estimate of drug-likeness (QED) is 0.308. The van der Waals surface area contributed by atoms with Gasteiger partial charge < -0.3 is 15.3 Å². The molecule has 194 valence electrons. The number of carbonyl (C=O) groups excluding carboxylic acids is 1. The first-order chi connectivity index (χ1) is 18.4. The highest BCUT2D eigenvalue weighted by Gasteiger charge is 2.36. The minimum absolute atomic E-state index is 0.000600. The van der Waals surface area contributed by atoms with Gasteiger partial charge in [0.15, 0.2) is 5.65 Å². The van der Waals surface area contributed by atoms with Crippen molar-refractivity contribution in [2.24, 2.45) is 0 Å². The van der Waals surface area contributed by atoms with Gasteiger partial charge in [0.25, 0.3) is 5.91 Å². The zero-order valence-electron chi connectivity index (χ0n) is 20.2. The first kappa shape index (κ1) is 24.7. The maximum Gasteiger partial charge on any atom is 0.255 e. The number of nitrogens with one attached hydrogen (secondary N) is 1. The number of phenols is 1. The van der Waals surface area contributed by atoms with E-state index < -0.39 is 5.91 Å². The third kappa shape index (κ3) is 4.59. The first-order valence-electron chi connectivity index (χ1n) is 12.4. The summed E-state index contributed by atoms with van der Waals surface area (Å²) in [5.74, 6) is -0.465. The number of allylic oxidation sites excluding steroid dienone is 2. The average molecular weight is 552 g/mol. The van der Waals surface area contributed by atoms with Gasteiger partial charge >= 0.3 is 0 Å². The van der Waals surface area contributed by atoms with E-state index in [0.717, 1.165) is 36.2 Å². The highest BCUT2D eigenvalue weighted by molar-refractivity contribution is 6.36. The van der Waals surface area contributed by atoms with Crippen molar-refractivity contribution in [3.8, 4) is 5.75 Å². The molecule has 2 atom stereocenters. The van der Waals surface area contributed by atoms with E-state index in [0.29, 0.717) is 18.8 Å². The molecule has 1 aliphatic heterocycles. The fourth-order valence-corrected chi connectivity index (χ4v) is 5.86. The van der Waals surface area contributed by atoms with Crippen molar-refractivity contribution in [1.29, 1.82) is 0 Å². The zero-order chi connectivity index (χ0) is 26.4. The van der Waals surface area contributed by atoms with Gasteiger partial charge in [0.1, 0.15) is 17.4 Å². The molecule has 1 aliphatic carbocycles. The molecule has 1 fully saturated rings. The molecule has 3 heterocycles. The van der Waals surface area contributed by atoms with Crippen LogP contribution in [0.2, 0.25) is 10.0 Å². The second kappa shape index (κ2) is 9.93. The first-order valence-corrected chi connectivity index (χ1v) is 13.2. The number of nitrogens with zero attached hydrogens (tertiary/aromatic N) is 4. The molecule has 2 N–H and O–H groups in total. The largest absolute Gasteiger partial charge is 0.506 e. The molecule has 7 nitrogen and oxygen atoms in total. The second-order valence-corrected chi connectivity index (χ2v) is 10.5. The van der Waals surface area contributed by atoms with Crippen molar-refractivity contribution >= 4 is 46.1 Å². The van der Waals surface area contributed by atoms with Gasteiger partial charge in [-0.2, -0.15) is 0 Å². The van der Waals surface area contributed by atoms with E-state index in [1.807, 2.05) is 28.9 Å². The average Bonchev–Trinajstić information content (AvgIpc) is 3.65. The number of benzene rings is 2. The van der Waals surface area contributed by atoms with Crippen LogP contribution in [0.5, 0.6) is 5.75 Å². The number of fused-ring (bicyclic) bond motifs is 1. The molecule has 2 aromatic heterocycles. The number of anilines is 1. The van der Waals surface area contributed by atoms with E-state index in [1.165, 1.54) is 29.8 Å². The molecule has 1 amide bonds. The molecule has 0 radical (unpaired) electrons. The van der Waals surface area contributed by atoms with Crippen LogP contribution in [0.15, 0.2) is 60.8 Å². The number of carbonyl (C=O) groups is 1. The van der Waals surface area contributed by atoms with Crippen molar-refractivity contribution in [3.05, 3.63) is 93.5 Å². The SMILES string of the molecule is O=C(N[C@H]1C[C@H](c2cccc(F)c2)N(c2ccc3ncc(C4=CCCC4)n3n2)C1)c1cc(Cl)cc(Cl)c1O. The fraction of sp³-hybridized carbons (Fsp3) is 0.250. The fourth-order valence-electron chi connectivity index (χ4n) is 5.37. The van der Waals surface area contributed by atoms with E-state index in [-0.39, 0.29) is 39.3 Å². The van der Waals surface area contributed by atoms with Gasteiger partial charge in [0, 0.05) is 17.6 Å². The lowest BCUT2D eigenvalue weighted by Crippen LogP contribution is -2.37. The predicted molar refractivity (Wildman–Crippen MR) is 145 cm³/mol. The third-order valence-corrected chi connectivity index (χ3v) is 7.66.